The quantitative estimate of drug-likeness (QED) is 0.914. The number of aryl methyl sites for hydroxylation is 1. The van der Waals surface area contributed by atoms with Gasteiger partial charge in [0, 0.05) is 0 Å². The number of benzene rings is 1. The Morgan fingerprint density at radius 2 is 2.00 bits per heavy atom. The Labute approximate surface area is 123 Å². The van der Waals surface area contributed by atoms with E-state index in [4.69, 9.17) is 0 Å². The van der Waals surface area contributed by atoms with Gasteiger partial charge in [0.1, 0.15) is 5.01 Å². The van der Waals surface area contributed by atoms with E-state index in [9.17, 15) is 4.79 Å². The molecule has 5 heteroatoms. The van der Waals surface area contributed by atoms with Crippen molar-refractivity contribution in [3.63, 3.8) is 0 Å². The molecule has 4 nitrogen and oxygen atoms in total. The van der Waals surface area contributed by atoms with Crippen molar-refractivity contribution in [1.29, 1.82) is 0 Å². The summed E-state index contributed by atoms with van der Waals surface area (Å²) in [6.45, 7) is 6.07. The Kier molecular flexibility index (Phi) is 4.84. The van der Waals surface area contributed by atoms with Gasteiger partial charge in [0.25, 0.3) is 0 Å². The lowest BCUT2D eigenvalue weighted by Gasteiger charge is -2.22. The van der Waals surface area contributed by atoms with E-state index in [1.807, 2.05) is 37.3 Å². The number of nitrogens with zero attached hydrogens (tertiary/aromatic N) is 2. The van der Waals surface area contributed by atoms with Crippen LogP contribution in [0.1, 0.15) is 36.8 Å². The maximum Gasteiger partial charge on any atom is 0.234 e. The van der Waals surface area contributed by atoms with Crippen molar-refractivity contribution < 1.29 is 4.79 Å². The first-order valence-corrected chi connectivity index (χ1v) is 7.59. The Morgan fingerprint density at radius 3 is 2.55 bits per heavy atom. The van der Waals surface area contributed by atoms with Crippen molar-refractivity contribution in [2.24, 2.45) is 5.92 Å². The lowest BCUT2D eigenvalue weighted by molar-refractivity contribution is -0.118. The van der Waals surface area contributed by atoms with Crippen LogP contribution in [0.4, 0.5) is 5.13 Å². The monoisotopic (exact) mass is 289 g/mol. The van der Waals surface area contributed by atoms with E-state index in [1.54, 1.807) is 0 Å². The number of aromatic nitrogens is 2. The van der Waals surface area contributed by atoms with E-state index in [1.165, 1.54) is 11.3 Å². The molecule has 0 spiro atoms. The summed E-state index contributed by atoms with van der Waals surface area (Å²) in [7, 11) is 0. The molecule has 0 saturated carbocycles. The average molecular weight is 289 g/mol. The van der Waals surface area contributed by atoms with Gasteiger partial charge in [-0.05, 0) is 18.4 Å². The van der Waals surface area contributed by atoms with Gasteiger partial charge in [0.2, 0.25) is 11.0 Å². The first-order chi connectivity index (χ1) is 9.61. The van der Waals surface area contributed by atoms with Crippen LogP contribution in [0.2, 0.25) is 0 Å². The summed E-state index contributed by atoms with van der Waals surface area (Å²) in [6, 6.07) is 9.90. The summed E-state index contributed by atoms with van der Waals surface area (Å²) < 4.78 is 0. The van der Waals surface area contributed by atoms with Crippen LogP contribution < -0.4 is 5.32 Å². The second-order valence-corrected chi connectivity index (χ2v) is 6.07. The topological polar surface area (TPSA) is 54.9 Å². The molecule has 0 radical (unpaired) electrons. The summed E-state index contributed by atoms with van der Waals surface area (Å²) in [4.78, 5) is 12.6. The zero-order chi connectivity index (χ0) is 14.5. The van der Waals surface area contributed by atoms with Crippen LogP contribution in [-0.4, -0.2) is 16.1 Å². The third-order valence-electron chi connectivity index (χ3n) is 3.41. The standard InChI is InChI=1S/C15H19N3OS/c1-4-10(2)13(12-8-6-5-7-9-12)14(19)16-15-18-17-11(3)20-15/h5-10,13H,4H2,1-3H3,(H,16,18,19). The van der Waals surface area contributed by atoms with E-state index >= 15 is 0 Å². The first-order valence-electron chi connectivity index (χ1n) is 6.77. The smallest absolute Gasteiger partial charge is 0.234 e. The van der Waals surface area contributed by atoms with Crippen LogP contribution in [-0.2, 0) is 4.79 Å². The minimum absolute atomic E-state index is 0.0123. The number of carbonyl (C=O) groups is 1. The van der Waals surface area contributed by atoms with Gasteiger partial charge in [-0.25, -0.2) is 0 Å². The molecule has 0 bridgehead atoms. The van der Waals surface area contributed by atoms with Crippen LogP contribution in [0, 0.1) is 12.8 Å². The average Bonchev–Trinajstić information content (AvgIpc) is 2.85. The van der Waals surface area contributed by atoms with E-state index in [0.717, 1.165) is 17.0 Å². The fraction of sp³-hybridized carbons (Fsp3) is 0.400. The van der Waals surface area contributed by atoms with Gasteiger partial charge in [0.05, 0.1) is 5.92 Å². The normalized spacial score (nSPS) is 13.8. The number of rotatable bonds is 5. The first kappa shape index (κ1) is 14.7. The molecule has 1 aromatic carbocycles. The maximum atomic E-state index is 12.6. The summed E-state index contributed by atoms with van der Waals surface area (Å²) in [5, 5.41) is 12.2. The van der Waals surface area contributed by atoms with Crippen LogP contribution in [0.3, 0.4) is 0 Å². The van der Waals surface area contributed by atoms with E-state index in [0.29, 0.717) is 5.13 Å². The molecule has 0 fully saturated rings. The molecule has 0 saturated heterocycles. The van der Waals surface area contributed by atoms with Crippen molar-refractivity contribution in [3.05, 3.63) is 40.9 Å². The molecule has 106 valence electrons. The van der Waals surface area contributed by atoms with Crippen LogP contribution >= 0.6 is 11.3 Å². The van der Waals surface area contributed by atoms with Gasteiger partial charge in [0.15, 0.2) is 0 Å². The highest BCUT2D eigenvalue weighted by Crippen LogP contribution is 2.28. The number of hydrogen-bond acceptors (Lipinski definition) is 4. The van der Waals surface area contributed by atoms with Crippen molar-refractivity contribution in [1.82, 2.24) is 10.2 Å². The molecule has 1 aromatic heterocycles. The lowest BCUT2D eigenvalue weighted by Crippen LogP contribution is -2.26. The van der Waals surface area contributed by atoms with Crippen molar-refractivity contribution in [3.8, 4) is 0 Å². The highest BCUT2D eigenvalue weighted by atomic mass is 32.1. The molecule has 1 heterocycles. The number of carbonyl (C=O) groups excluding carboxylic acids is 1. The van der Waals surface area contributed by atoms with E-state index in [2.05, 4.69) is 29.4 Å². The molecule has 2 unspecified atom stereocenters. The Bertz CT molecular complexity index is 568. The van der Waals surface area contributed by atoms with Crippen molar-refractivity contribution in [2.45, 2.75) is 33.1 Å². The highest BCUT2D eigenvalue weighted by Gasteiger charge is 2.26. The van der Waals surface area contributed by atoms with Gasteiger partial charge in [-0.15, -0.1) is 10.2 Å². The molecule has 2 atom stereocenters. The van der Waals surface area contributed by atoms with E-state index in [-0.39, 0.29) is 17.7 Å². The highest BCUT2D eigenvalue weighted by molar-refractivity contribution is 7.15. The molecule has 1 N–H and O–H groups in total. The molecule has 2 aromatic rings. The summed E-state index contributed by atoms with van der Waals surface area (Å²) >= 11 is 1.39. The summed E-state index contributed by atoms with van der Waals surface area (Å²) in [6.07, 6.45) is 0.947. The predicted octanol–water partition coefficient (Wildman–Crippen LogP) is 3.61. The minimum Gasteiger partial charge on any atom is -0.300 e. The van der Waals surface area contributed by atoms with Crippen LogP contribution in [0.25, 0.3) is 0 Å². The molecular formula is C15H19N3OS. The number of amides is 1. The van der Waals surface area contributed by atoms with Gasteiger partial charge < -0.3 is 0 Å². The minimum atomic E-state index is -0.162. The molecular weight excluding hydrogens is 270 g/mol. The third kappa shape index (κ3) is 3.42. The maximum absolute atomic E-state index is 12.6. The van der Waals surface area contributed by atoms with Gasteiger partial charge in [-0.3, -0.25) is 10.1 Å². The summed E-state index contributed by atoms with van der Waals surface area (Å²) in [5.74, 6) is 0.0959. The zero-order valence-corrected chi connectivity index (χ0v) is 12.8. The molecule has 0 aliphatic rings. The fourth-order valence-electron chi connectivity index (χ4n) is 2.16. The SMILES string of the molecule is CCC(C)C(C(=O)Nc1nnc(C)s1)c1ccccc1. The fourth-order valence-corrected chi connectivity index (χ4v) is 2.76. The summed E-state index contributed by atoms with van der Waals surface area (Å²) in [5.41, 5.74) is 1.04. The van der Waals surface area contributed by atoms with Crippen molar-refractivity contribution in [2.75, 3.05) is 5.32 Å². The van der Waals surface area contributed by atoms with Crippen LogP contribution in [0.5, 0.6) is 0 Å². The van der Waals surface area contributed by atoms with E-state index < -0.39 is 0 Å². The third-order valence-corrected chi connectivity index (χ3v) is 4.16. The predicted molar refractivity (Wildman–Crippen MR) is 81.9 cm³/mol. The Hall–Kier alpha value is -1.75. The number of nitrogens with one attached hydrogen (secondary N) is 1. The second kappa shape index (κ2) is 6.61. The number of hydrogen-bond donors (Lipinski definition) is 1. The van der Waals surface area contributed by atoms with Gasteiger partial charge in [-0.2, -0.15) is 0 Å². The number of anilines is 1. The molecule has 2 rings (SSSR count). The molecule has 1 amide bonds. The lowest BCUT2D eigenvalue weighted by atomic mass is 9.85. The van der Waals surface area contributed by atoms with Gasteiger partial charge >= 0.3 is 0 Å². The second-order valence-electron chi connectivity index (χ2n) is 4.89. The Balaban J connectivity index is 2.20. The van der Waals surface area contributed by atoms with Crippen molar-refractivity contribution >= 4 is 22.4 Å². The molecule has 0 aliphatic heterocycles. The molecule has 0 aliphatic carbocycles. The zero-order valence-electron chi connectivity index (χ0n) is 12.0. The van der Waals surface area contributed by atoms with Gasteiger partial charge in [-0.1, -0.05) is 61.9 Å². The molecule has 20 heavy (non-hydrogen) atoms. The largest absolute Gasteiger partial charge is 0.300 e. The van der Waals surface area contributed by atoms with Crippen LogP contribution in [0.15, 0.2) is 30.3 Å². The Morgan fingerprint density at radius 1 is 1.30 bits per heavy atom.